The van der Waals surface area contributed by atoms with E-state index in [0.29, 0.717) is 6.04 Å². The summed E-state index contributed by atoms with van der Waals surface area (Å²) >= 11 is 0. The van der Waals surface area contributed by atoms with E-state index in [9.17, 15) is 5.11 Å². The third-order valence-corrected chi connectivity index (χ3v) is 3.87. The SMILES string of the molecule is CCCNC1CCCC1CN(CC)CC(C)(C)O. The maximum atomic E-state index is 9.94. The predicted octanol–water partition coefficient (Wildman–Crippen LogP) is 2.25. The van der Waals surface area contributed by atoms with Gasteiger partial charge < -0.3 is 15.3 Å². The number of nitrogens with zero attached hydrogens (tertiary/aromatic N) is 1. The van der Waals surface area contributed by atoms with E-state index in [0.717, 1.165) is 32.1 Å². The van der Waals surface area contributed by atoms with Crippen molar-refractivity contribution in [3.05, 3.63) is 0 Å². The fourth-order valence-corrected chi connectivity index (χ4v) is 3.04. The van der Waals surface area contributed by atoms with Crippen LogP contribution in [0.5, 0.6) is 0 Å². The highest BCUT2D eigenvalue weighted by molar-refractivity contribution is 4.86. The van der Waals surface area contributed by atoms with Gasteiger partial charge in [-0.3, -0.25) is 0 Å². The fraction of sp³-hybridized carbons (Fsp3) is 1.00. The van der Waals surface area contributed by atoms with Crippen LogP contribution in [-0.2, 0) is 0 Å². The molecule has 0 saturated heterocycles. The van der Waals surface area contributed by atoms with Gasteiger partial charge in [0.15, 0.2) is 0 Å². The van der Waals surface area contributed by atoms with Gasteiger partial charge >= 0.3 is 0 Å². The van der Waals surface area contributed by atoms with E-state index in [2.05, 4.69) is 24.1 Å². The van der Waals surface area contributed by atoms with Crippen LogP contribution < -0.4 is 5.32 Å². The molecule has 1 fully saturated rings. The van der Waals surface area contributed by atoms with Crippen LogP contribution in [0, 0.1) is 5.92 Å². The second-order valence-corrected chi connectivity index (χ2v) is 6.39. The highest BCUT2D eigenvalue weighted by Gasteiger charge is 2.29. The van der Waals surface area contributed by atoms with Gasteiger partial charge in [-0.25, -0.2) is 0 Å². The van der Waals surface area contributed by atoms with Crippen LogP contribution in [0.3, 0.4) is 0 Å². The first kappa shape index (κ1) is 15.9. The summed E-state index contributed by atoms with van der Waals surface area (Å²) in [5.41, 5.74) is -0.582. The Balaban J connectivity index is 2.42. The number of likely N-dealkylation sites (N-methyl/N-ethyl adjacent to an activating group) is 1. The van der Waals surface area contributed by atoms with E-state index in [-0.39, 0.29) is 0 Å². The van der Waals surface area contributed by atoms with E-state index in [1.165, 1.54) is 25.7 Å². The van der Waals surface area contributed by atoms with Crippen molar-refractivity contribution >= 4 is 0 Å². The van der Waals surface area contributed by atoms with Crippen LogP contribution in [-0.4, -0.2) is 47.8 Å². The topological polar surface area (TPSA) is 35.5 Å². The second-order valence-electron chi connectivity index (χ2n) is 6.39. The Morgan fingerprint density at radius 2 is 2.00 bits per heavy atom. The summed E-state index contributed by atoms with van der Waals surface area (Å²) < 4.78 is 0. The summed E-state index contributed by atoms with van der Waals surface area (Å²) in [6.45, 7) is 12.3. The molecule has 0 bridgehead atoms. The summed E-state index contributed by atoms with van der Waals surface area (Å²) in [5.74, 6) is 0.763. The van der Waals surface area contributed by atoms with Gasteiger partial charge in [0.2, 0.25) is 0 Å². The highest BCUT2D eigenvalue weighted by atomic mass is 16.3. The zero-order valence-electron chi connectivity index (χ0n) is 12.7. The van der Waals surface area contributed by atoms with Crippen molar-refractivity contribution in [2.75, 3.05) is 26.2 Å². The predicted molar refractivity (Wildman–Crippen MR) is 77.8 cm³/mol. The van der Waals surface area contributed by atoms with E-state index < -0.39 is 5.60 Å². The summed E-state index contributed by atoms with van der Waals surface area (Å²) in [6, 6.07) is 0.695. The van der Waals surface area contributed by atoms with Gasteiger partial charge in [0.05, 0.1) is 5.60 Å². The van der Waals surface area contributed by atoms with Gasteiger partial charge in [-0.05, 0) is 52.1 Å². The molecule has 3 heteroatoms. The number of nitrogens with one attached hydrogen (secondary N) is 1. The van der Waals surface area contributed by atoms with Crippen molar-refractivity contribution < 1.29 is 5.11 Å². The fourth-order valence-electron chi connectivity index (χ4n) is 3.04. The van der Waals surface area contributed by atoms with E-state index in [1.807, 2.05) is 13.8 Å². The van der Waals surface area contributed by atoms with Crippen molar-refractivity contribution in [1.29, 1.82) is 0 Å². The minimum Gasteiger partial charge on any atom is -0.389 e. The molecule has 0 amide bonds. The van der Waals surface area contributed by atoms with Crippen LogP contribution in [0.25, 0.3) is 0 Å². The summed E-state index contributed by atoms with van der Waals surface area (Å²) in [4.78, 5) is 2.40. The van der Waals surface area contributed by atoms with E-state index >= 15 is 0 Å². The molecule has 2 N–H and O–H groups in total. The molecular weight excluding hydrogens is 224 g/mol. The Morgan fingerprint density at radius 3 is 2.56 bits per heavy atom. The van der Waals surface area contributed by atoms with E-state index in [4.69, 9.17) is 0 Å². The molecule has 0 aromatic carbocycles. The third kappa shape index (κ3) is 5.68. The molecule has 1 rings (SSSR count). The first-order valence-electron chi connectivity index (χ1n) is 7.64. The standard InChI is InChI=1S/C15H32N2O/c1-5-10-16-14-9-7-8-13(14)11-17(6-2)12-15(3,4)18/h13-14,16,18H,5-12H2,1-4H3. The molecule has 2 atom stereocenters. The lowest BCUT2D eigenvalue weighted by molar-refractivity contribution is 0.0317. The quantitative estimate of drug-likeness (QED) is 0.699. The molecule has 0 aliphatic heterocycles. The molecule has 18 heavy (non-hydrogen) atoms. The molecular formula is C15H32N2O. The second kappa shape index (κ2) is 7.46. The smallest absolute Gasteiger partial charge is 0.0718 e. The van der Waals surface area contributed by atoms with E-state index in [1.54, 1.807) is 0 Å². The van der Waals surface area contributed by atoms with Gasteiger partial charge in [0, 0.05) is 19.1 Å². The zero-order valence-corrected chi connectivity index (χ0v) is 12.7. The molecule has 0 spiro atoms. The molecule has 0 radical (unpaired) electrons. The summed E-state index contributed by atoms with van der Waals surface area (Å²) in [7, 11) is 0. The average molecular weight is 256 g/mol. The van der Waals surface area contributed by atoms with Crippen LogP contribution in [0.15, 0.2) is 0 Å². The lowest BCUT2D eigenvalue weighted by Crippen LogP contribution is -2.44. The minimum absolute atomic E-state index is 0.582. The monoisotopic (exact) mass is 256 g/mol. The molecule has 1 aliphatic carbocycles. The van der Waals surface area contributed by atoms with Gasteiger partial charge in [0.25, 0.3) is 0 Å². The Hall–Kier alpha value is -0.120. The summed E-state index contributed by atoms with van der Waals surface area (Å²) in [6.07, 6.45) is 5.23. The van der Waals surface area contributed by atoms with Gasteiger partial charge in [0.1, 0.15) is 0 Å². The van der Waals surface area contributed by atoms with Crippen LogP contribution >= 0.6 is 0 Å². The number of aliphatic hydroxyl groups is 1. The van der Waals surface area contributed by atoms with Gasteiger partial charge in [-0.2, -0.15) is 0 Å². The Bertz CT molecular complexity index is 225. The first-order chi connectivity index (χ1) is 8.46. The van der Waals surface area contributed by atoms with Crippen molar-refractivity contribution in [2.45, 2.75) is 65.0 Å². The first-order valence-corrected chi connectivity index (χ1v) is 7.64. The van der Waals surface area contributed by atoms with Crippen LogP contribution in [0.2, 0.25) is 0 Å². The summed E-state index contributed by atoms with van der Waals surface area (Å²) in [5, 5.41) is 13.6. The molecule has 2 unspecified atom stereocenters. The molecule has 0 aromatic rings. The maximum absolute atomic E-state index is 9.94. The van der Waals surface area contributed by atoms with Crippen molar-refractivity contribution in [3.63, 3.8) is 0 Å². The highest BCUT2D eigenvalue weighted by Crippen LogP contribution is 2.27. The number of rotatable bonds is 8. The molecule has 1 aliphatic rings. The average Bonchev–Trinajstić information content (AvgIpc) is 2.71. The molecule has 0 heterocycles. The Morgan fingerprint density at radius 1 is 1.28 bits per heavy atom. The molecule has 0 aromatic heterocycles. The zero-order chi connectivity index (χ0) is 13.6. The lowest BCUT2D eigenvalue weighted by atomic mass is 10.0. The molecule has 3 nitrogen and oxygen atoms in total. The molecule has 108 valence electrons. The third-order valence-electron chi connectivity index (χ3n) is 3.87. The van der Waals surface area contributed by atoms with Gasteiger partial charge in [-0.1, -0.05) is 20.3 Å². The van der Waals surface area contributed by atoms with Crippen LogP contribution in [0.1, 0.15) is 53.4 Å². The van der Waals surface area contributed by atoms with Crippen molar-refractivity contribution in [3.8, 4) is 0 Å². The van der Waals surface area contributed by atoms with Crippen LogP contribution in [0.4, 0.5) is 0 Å². The lowest BCUT2D eigenvalue weighted by Gasteiger charge is -2.32. The maximum Gasteiger partial charge on any atom is 0.0718 e. The van der Waals surface area contributed by atoms with Gasteiger partial charge in [-0.15, -0.1) is 0 Å². The Kier molecular flexibility index (Phi) is 6.61. The minimum atomic E-state index is -0.582. The number of hydrogen-bond donors (Lipinski definition) is 2. The van der Waals surface area contributed by atoms with Crippen molar-refractivity contribution in [1.82, 2.24) is 10.2 Å². The van der Waals surface area contributed by atoms with Crippen molar-refractivity contribution in [2.24, 2.45) is 5.92 Å². The Labute approximate surface area is 113 Å². The normalized spacial score (nSPS) is 25.0. The molecule has 1 saturated carbocycles. The number of hydrogen-bond acceptors (Lipinski definition) is 3. The largest absolute Gasteiger partial charge is 0.389 e.